The van der Waals surface area contributed by atoms with Crippen molar-refractivity contribution in [2.75, 3.05) is 13.1 Å². The lowest BCUT2D eigenvalue weighted by Crippen LogP contribution is -2.46. The average molecular weight is 270 g/mol. The van der Waals surface area contributed by atoms with Gasteiger partial charge in [0.15, 0.2) is 0 Å². The van der Waals surface area contributed by atoms with Crippen LogP contribution in [0.3, 0.4) is 0 Å². The van der Waals surface area contributed by atoms with Gasteiger partial charge in [0.1, 0.15) is 0 Å². The molecule has 0 aromatic carbocycles. The fourth-order valence-corrected chi connectivity index (χ4v) is 2.69. The molecule has 0 aromatic rings. The van der Waals surface area contributed by atoms with Crippen LogP contribution in [0, 0.1) is 0 Å². The van der Waals surface area contributed by atoms with E-state index < -0.39 is 5.60 Å². The van der Waals surface area contributed by atoms with Crippen molar-refractivity contribution in [3.05, 3.63) is 0 Å². The van der Waals surface area contributed by atoms with Crippen molar-refractivity contribution in [3.8, 4) is 0 Å². The van der Waals surface area contributed by atoms with E-state index in [1.165, 1.54) is 0 Å². The molecule has 1 unspecified atom stereocenters. The summed E-state index contributed by atoms with van der Waals surface area (Å²) in [6, 6.07) is 1.02. The summed E-state index contributed by atoms with van der Waals surface area (Å²) in [5.41, 5.74) is -0.549. The van der Waals surface area contributed by atoms with Crippen molar-refractivity contribution in [2.24, 2.45) is 0 Å². The Morgan fingerprint density at radius 2 is 2.00 bits per heavy atom. The highest BCUT2D eigenvalue weighted by Crippen LogP contribution is 2.15. The summed E-state index contributed by atoms with van der Waals surface area (Å²) in [7, 11) is 0. The highest BCUT2D eigenvalue weighted by atomic mass is 16.3. The number of carbonyl (C=O) groups excluding carboxylic acids is 1. The Bertz CT molecular complexity index is 278. The fraction of sp³-hybridized carbons (Fsp3) is 0.933. The number of aliphatic hydroxyl groups is 1. The van der Waals surface area contributed by atoms with Crippen LogP contribution in [-0.2, 0) is 4.79 Å². The number of hydrogen-bond acceptors (Lipinski definition) is 3. The Morgan fingerprint density at radius 3 is 2.47 bits per heavy atom. The van der Waals surface area contributed by atoms with Gasteiger partial charge < -0.3 is 15.3 Å². The summed E-state index contributed by atoms with van der Waals surface area (Å²) in [6.45, 7) is 9.34. The molecule has 1 fully saturated rings. The van der Waals surface area contributed by atoms with Gasteiger partial charge in [-0.3, -0.25) is 4.79 Å². The normalized spacial score (nSPS) is 19.5. The Kier molecular flexibility index (Phi) is 6.27. The van der Waals surface area contributed by atoms with Gasteiger partial charge in [-0.2, -0.15) is 0 Å². The summed E-state index contributed by atoms with van der Waals surface area (Å²) < 4.78 is 0. The summed E-state index contributed by atoms with van der Waals surface area (Å²) >= 11 is 0. The molecule has 0 aromatic heterocycles. The van der Waals surface area contributed by atoms with Crippen LogP contribution in [0.4, 0.5) is 0 Å². The quantitative estimate of drug-likeness (QED) is 0.775. The Labute approximate surface area is 117 Å². The van der Waals surface area contributed by atoms with Crippen LogP contribution in [0.1, 0.15) is 59.8 Å². The average Bonchev–Trinajstić information content (AvgIpc) is 2.27. The van der Waals surface area contributed by atoms with Crippen LogP contribution < -0.4 is 5.32 Å². The number of hydrogen-bond donors (Lipinski definition) is 2. The van der Waals surface area contributed by atoms with Crippen molar-refractivity contribution in [3.63, 3.8) is 0 Å². The van der Waals surface area contributed by atoms with E-state index in [0.29, 0.717) is 12.1 Å². The van der Waals surface area contributed by atoms with E-state index in [9.17, 15) is 9.90 Å². The smallest absolute Gasteiger partial charge is 0.219 e. The monoisotopic (exact) mass is 270 g/mol. The molecule has 1 saturated heterocycles. The number of amides is 1. The number of carbonyl (C=O) groups is 1. The van der Waals surface area contributed by atoms with Crippen molar-refractivity contribution in [2.45, 2.75) is 77.5 Å². The first-order valence-electron chi connectivity index (χ1n) is 7.52. The predicted octanol–water partition coefficient (Wildman–Crippen LogP) is 1.92. The van der Waals surface area contributed by atoms with Crippen molar-refractivity contribution >= 4 is 5.91 Å². The molecule has 1 rings (SSSR count). The predicted molar refractivity (Wildman–Crippen MR) is 78.0 cm³/mol. The second kappa shape index (κ2) is 7.25. The molecular formula is C15H30N2O2. The van der Waals surface area contributed by atoms with E-state index in [2.05, 4.69) is 12.2 Å². The van der Waals surface area contributed by atoms with E-state index >= 15 is 0 Å². The molecule has 0 saturated carbocycles. The van der Waals surface area contributed by atoms with Crippen molar-refractivity contribution < 1.29 is 9.90 Å². The minimum Gasteiger partial charge on any atom is -0.390 e. The van der Waals surface area contributed by atoms with Gasteiger partial charge in [0.25, 0.3) is 0 Å². The maximum atomic E-state index is 11.2. The van der Waals surface area contributed by atoms with Gasteiger partial charge in [-0.25, -0.2) is 0 Å². The summed E-state index contributed by atoms with van der Waals surface area (Å²) in [5, 5.41) is 13.3. The molecule has 0 bridgehead atoms. The number of nitrogens with one attached hydrogen (secondary N) is 1. The van der Waals surface area contributed by atoms with Gasteiger partial charge in [-0.1, -0.05) is 0 Å². The first-order valence-corrected chi connectivity index (χ1v) is 7.52. The Balaban J connectivity index is 2.16. The second-order valence-electron chi connectivity index (χ2n) is 6.55. The largest absolute Gasteiger partial charge is 0.390 e. The third-order valence-corrected chi connectivity index (χ3v) is 3.89. The van der Waals surface area contributed by atoms with Crippen LogP contribution in [0.25, 0.3) is 0 Å². The first kappa shape index (κ1) is 16.4. The lowest BCUT2D eigenvalue weighted by atomic mass is 9.98. The van der Waals surface area contributed by atoms with Crippen LogP contribution in [0.5, 0.6) is 0 Å². The first-order chi connectivity index (χ1) is 8.78. The molecule has 19 heavy (non-hydrogen) atoms. The van der Waals surface area contributed by atoms with Gasteiger partial charge in [-0.15, -0.1) is 0 Å². The van der Waals surface area contributed by atoms with E-state index in [1.54, 1.807) is 6.92 Å². The Morgan fingerprint density at radius 1 is 1.42 bits per heavy atom. The zero-order valence-electron chi connectivity index (χ0n) is 12.9. The van der Waals surface area contributed by atoms with Gasteiger partial charge in [0, 0.05) is 32.1 Å². The second-order valence-corrected chi connectivity index (χ2v) is 6.55. The van der Waals surface area contributed by atoms with Crippen LogP contribution in [0.15, 0.2) is 0 Å². The molecule has 1 atom stereocenters. The molecule has 1 aliphatic rings. The van der Waals surface area contributed by atoms with Gasteiger partial charge >= 0.3 is 0 Å². The molecule has 0 aliphatic carbocycles. The van der Waals surface area contributed by atoms with Crippen LogP contribution in [0.2, 0.25) is 0 Å². The summed E-state index contributed by atoms with van der Waals surface area (Å²) in [6.07, 6.45) is 5.09. The highest BCUT2D eigenvalue weighted by Gasteiger charge is 2.21. The summed E-state index contributed by atoms with van der Waals surface area (Å²) in [4.78, 5) is 13.2. The molecule has 4 heteroatoms. The van der Waals surface area contributed by atoms with Crippen LogP contribution in [-0.4, -0.2) is 46.7 Å². The molecule has 4 nitrogen and oxygen atoms in total. The number of piperidine rings is 1. The minimum atomic E-state index is -0.549. The standard InChI is InChI=1S/C15H30N2O2/c1-12(6-5-9-15(3,4)19)16-14-7-10-17(11-8-14)13(2)18/h12,14,16,19H,5-11H2,1-4H3. The maximum Gasteiger partial charge on any atom is 0.219 e. The molecule has 1 amide bonds. The number of likely N-dealkylation sites (tertiary alicyclic amines) is 1. The zero-order valence-corrected chi connectivity index (χ0v) is 12.9. The third-order valence-electron chi connectivity index (χ3n) is 3.89. The molecule has 1 heterocycles. The van der Waals surface area contributed by atoms with Gasteiger partial charge in [0.2, 0.25) is 5.91 Å². The van der Waals surface area contributed by atoms with Gasteiger partial charge in [0.05, 0.1) is 5.60 Å². The molecule has 2 N–H and O–H groups in total. The lowest BCUT2D eigenvalue weighted by Gasteiger charge is -2.33. The Hall–Kier alpha value is -0.610. The minimum absolute atomic E-state index is 0.191. The SMILES string of the molecule is CC(=O)N1CCC(NC(C)CCCC(C)(C)O)CC1. The van der Waals surface area contributed by atoms with E-state index in [1.807, 2.05) is 18.7 Å². The third kappa shape index (κ3) is 6.92. The van der Waals surface area contributed by atoms with E-state index in [4.69, 9.17) is 0 Å². The summed E-state index contributed by atoms with van der Waals surface area (Å²) in [5.74, 6) is 0.191. The molecule has 0 spiro atoms. The fourth-order valence-electron chi connectivity index (χ4n) is 2.69. The van der Waals surface area contributed by atoms with E-state index in [0.717, 1.165) is 45.2 Å². The molecular weight excluding hydrogens is 240 g/mol. The molecule has 0 radical (unpaired) electrons. The topological polar surface area (TPSA) is 52.6 Å². The number of rotatable bonds is 6. The van der Waals surface area contributed by atoms with Gasteiger partial charge in [-0.05, 0) is 52.9 Å². The van der Waals surface area contributed by atoms with Crippen molar-refractivity contribution in [1.29, 1.82) is 0 Å². The lowest BCUT2D eigenvalue weighted by molar-refractivity contribution is -0.129. The van der Waals surface area contributed by atoms with Crippen LogP contribution >= 0.6 is 0 Å². The van der Waals surface area contributed by atoms with E-state index in [-0.39, 0.29) is 5.91 Å². The zero-order chi connectivity index (χ0) is 14.5. The molecule has 1 aliphatic heterocycles. The van der Waals surface area contributed by atoms with Crippen molar-refractivity contribution in [1.82, 2.24) is 10.2 Å². The molecule has 112 valence electrons. The number of nitrogens with zero attached hydrogens (tertiary/aromatic N) is 1. The maximum absolute atomic E-state index is 11.2. The highest BCUT2D eigenvalue weighted by molar-refractivity contribution is 5.73.